The third-order valence-electron chi connectivity index (χ3n) is 2.68. The lowest BCUT2D eigenvalue weighted by Crippen LogP contribution is -2.49. The molecule has 3 heterocycles. The molecular formula is C9H6N4O3. The Balaban J connectivity index is 2.25. The number of carbonyl (C=O) groups is 3. The van der Waals surface area contributed by atoms with Gasteiger partial charge in [0.1, 0.15) is 0 Å². The van der Waals surface area contributed by atoms with Crippen LogP contribution in [0.25, 0.3) is 0 Å². The van der Waals surface area contributed by atoms with Crippen LogP contribution in [0.4, 0.5) is 10.5 Å². The SMILES string of the molecule is O=C1NC(=O)C2(N1)C(=O)Nc1cnccc12. The summed E-state index contributed by atoms with van der Waals surface area (Å²) in [4.78, 5) is 38.5. The van der Waals surface area contributed by atoms with Crippen molar-refractivity contribution in [2.75, 3.05) is 5.32 Å². The number of rotatable bonds is 0. The standard InChI is InChI=1S/C9H6N4O3/c14-6-9(7(15)12-8(16)13-9)4-1-2-10-3-5(4)11-6/h1-3H,(H,11,14)(H2,12,13,15,16). The number of amides is 4. The molecule has 0 bridgehead atoms. The topological polar surface area (TPSA) is 100 Å². The number of urea groups is 1. The average molecular weight is 218 g/mol. The maximum atomic E-state index is 11.8. The quantitative estimate of drug-likeness (QED) is 0.387. The van der Waals surface area contributed by atoms with Crippen LogP contribution in [0.2, 0.25) is 0 Å². The third kappa shape index (κ3) is 0.824. The van der Waals surface area contributed by atoms with Gasteiger partial charge in [0.2, 0.25) is 5.54 Å². The first-order valence-electron chi connectivity index (χ1n) is 4.54. The van der Waals surface area contributed by atoms with E-state index in [0.717, 1.165) is 0 Å². The molecule has 7 heteroatoms. The molecule has 3 rings (SSSR count). The Labute approximate surface area is 89.2 Å². The van der Waals surface area contributed by atoms with Crippen molar-refractivity contribution in [3.63, 3.8) is 0 Å². The summed E-state index contributed by atoms with van der Waals surface area (Å²) in [7, 11) is 0. The molecule has 1 spiro atoms. The van der Waals surface area contributed by atoms with E-state index in [0.29, 0.717) is 11.3 Å². The number of nitrogens with zero attached hydrogens (tertiary/aromatic N) is 1. The van der Waals surface area contributed by atoms with Crippen molar-refractivity contribution in [1.29, 1.82) is 0 Å². The largest absolute Gasteiger partial charge is 0.323 e. The van der Waals surface area contributed by atoms with E-state index in [1.54, 1.807) is 0 Å². The van der Waals surface area contributed by atoms with Crippen molar-refractivity contribution in [2.45, 2.75) is 5.54 Å². The van der Waals surface area contributed by atoms with Crippen molar-refractivity contribution in [2.24, 2.45) is 0 Å². The van der Waals surface area contributed by atoms with Gasteiger partial charge in [0.15, 0.2) is 0 Å². The highest BCUT2D eigenvalue weighted by Crippen LogP contribution is 2.36. The molecular weight excluding hydrogens is 212 g/mol. The molecule has 0 aliphatic carbocycles. The molecule has 7 nitrogen and oxygen atoms in total. The van der Waals surface area contributed by atoms with Crippen LogP contribution >= 0.6 is 0 Å². The van der Waals surface area contributed by atoms with Crippen molar-refractivity contribution < 1.29 is 14.4 Å². The zero-order valence-electron chi connectivity index (χ0n) is 7.90. The second-order valence-electron chi connectivity index (χ2n) is 3.53. The van der Waals surface area contributed by atoms with Crippen LogP contribution in [0, 0.1) is 0 Å². The van der Waals surface area contributed by atoms with Gasteiger partial charge in [-0.25, -0.2) is 4.79 Å². The van der Waals surface area contributed by atoms with Gasteiger partial charge in [-0.1, -0.05) is 0 Å². The number of fused-ring (bicyclic) bond motifs is 2. The predicted octanol–water partition coefficient (Wildman–Crippen LogP) is -0.932. The first kappa shape index (κ1) is 8.84. The number of anilines is 1. The Morgan fingerprint density at radius 2 is 1.88 bits per heavy atom. The normalized spacial score (nSPS) is 26.4. The second kappa shape index (κ2) is 2.57. The van der Waals surface area contributed by atoms with Crippen LogP contribution < -0.4 is 16.0 Å². The molecule has 2 aliphatic heterocycles. The molecule has 1 atom stereocenters. The van der Waals surface area contributed by atoms with Crippen LogP contribution in [0.5, 0.6) is 0 Å². The molecule has 1 aromatic rings. The van der Waals surface area contributed by atoms with Crippen LogP contribution in [0.1, 0.15) is 5.56 Å². The van der Waals surface area contributed by atoms with Crippen LogP contribution in [0.3, 0.4) is 0 Å². The molecule has 1 fully saturated rings. The summed E-state index contributed by atoms with van der Waals surface area (Å²) in [6.45, 7) is 0. The molecule has 0 saturated carbocycles. The third-order valence-corrected chi connectivity index (χ3v) is 2.68. The van der Waals surface area contributed by atoms with Crippen LogP contribution in [-0.2, 0) is 15.1 Å². The molecule has 2 aliphatic rings. The van der Waals surface area contributed by atoms with E-state index in [9.17, 15) is 14.4 Å². The maximum Gasteiger partial charge on any atom is 0.323 e. The average Bonchev–Trinajstić information content (AvgIpc) is 2.69. The summed E-state index contributed by atoms with van der Waals surface area (Å²) >= 11 is 0. The number of aromatic nitrogens is 1. The lowest BCUT2D eigenvalue weighted by Gasteiger charge is -2.16. The first-order valence-corrected chi connectivity index (χ1v) is 4.54. The fourth-order valence-electron chi connectivity index (χ4n) is 1.96. The van der Waals surface area contributed by atoms with Gasteiger partial charge in [0.05, 0.1) is 11.9 Å². The van der Waals surface area contributed by atoms with E-state index in [-0.39, 0.29) is 0 Å². The molecule has 16 heavy (non-hydrogen) atoms. The Kier molecular flexibility index (Phi) is 1.42. The number of pyridine rings is 1. The first-order chi connectivity index (χ1) is 7.64. The van der Waals surface area contributed by atoms with Gasteiger partial charge in [0, 0.05) is 11.8 Å². The maximum absolute atomic E-state index is 11.8. The zero-order chi connectivity index (χ0) is 11.3. The summed E-state index contributed by atoms with van der Waals surface area (Å²) in [6.07, 6.45) is 2.89. The lowest BCUT2D eigenvalue weighted by atomic mass is 9.92. The highest BCUT2D eigenvalue weighted by Gasteiger charge is 2.58. The molecule has 1 saturated heterocycles. The highest BCUT2D eigenvalue weighted by molar-refractivity contribution is 6.26. The second-order valence-corrected chi connectivity index (χ2v) is 3.53. The van der Waals surface area contributed by atoms with E-state index in [4.69, 9.17) is 0 Å². The number of imide groups is 1. The fourth-order valence-corrected chi connectivity index (χ4v) is 1.96. The Morgan fingerprint density at radius 3 is 2.56 bits per heavy atom. The molecule has 1 unspecified atom stereocenters. The molecule has 0 radical (unpaired) electrons. The number of nitrogens with one attached hydrogen (secondary N) is 3. The zero-order valence-corrected chi connectivity index (χ0v) is 7.90. The van der Waals surface area contributed by atoms with E-state index in [1.165, 1.54) is 18.5 Å². The number of hydrogen-bond acceptors (Lipinski definition) is 4. The van der Waals surface area contributed by atoms with Crippen molar-refractivity contribution >= 4 is 23.5 Å². The minimum absolute atomic E-state index is 0.413. The van der Waals surface area contributed by atoms with Crippen molar-refractivity contribution in [3.05, 3.63) is 24.0 Å². The van der Waals surface area contributed by atoms with E-state index in [1.807, 2.05) is 0 Å². The van der Waals surface area contributed by atoms with Gasteiger partial charge in [-0.15, -0.1) is 0 Å². The van der Waals surface area contributed by atoms with E-state index < -0.39 is 23.4 Å². The van der Waals surface area contributed by atoms with Crippen LogP contribution in [-0.4, -0.2) is 22.8 Å². The Morgan fingerprint density at radius 1 is 1.12 bits per heavy atom. The molecule has 1 aromatic heterocycles. The van der Waals surface area contributed by atoms with Gasteiger partial charge in [-0.3, -0.25) is 19.9 Å². The van der Waals surface area contributed by atoms with Crippen LogP contribution in [0.15, 0.2) is 18.5 Å². The van der Waals surface area contributed by atoms with Crippen molar-refractivity contribution in [1.82, 2.24) is 15.6 Å². The fraction of sp³-hybridized carbons (Fsp3) is 0.111. The summed E-state index contributed by atoms with van der Waals surface area (Å²) in [5.74, 6) is -1.24. The molecule has 80 valence electrons. The highest BCUT2D eigenvalue weighted by atomic mass is 16.2. The van der Waals surface area contributed by atoms with Gasteiger partial charge >= 0.3 is 6.03 Å². The number of carbonyl (C=O) groups excluding carboxylic acids is 3. The Hall–Kier alpha value is -2.44. The van der Waals surface area contributed by atoms with Gasteiger partial charge in [-0.2, -0.15) is 0 Å². The van der Waals surface area contributed by atoms with Gasteiger partial charge < -0.3 is 10.6 Å². The molecule has 3 N–H and O–H groups in total. The van der Waals surface area contributed by atoms with E-state index >= 15 is 0 Å². The monoisotopic (exact) mass is 218 g/mol. The molecule has 0 aromatic carbocycles. The predicted molar refractivity (Wildman–Crippen MR) is 51.2 cm³/mol. The van der Waals surface area contributed by atoms with Gasteiger partial charge in [-0.05, 0) is 6.07 Å². The minimum Gasteiger partial charge on any atom is -0.322 e. The molecule has 4 amide bonds. The van der Waals surface area contributed by atoms with Gasteiger partial charge in [0.25, 0.3) is 11.8 Å². The lowest BCUT2D eigenvalue weighted by molar-refractivity contribution is -0.132. The van der Waals surface area contributed by atoms with E-state index in [2.05, 4.69) is 20.9 Å². The summed E-state index contributed by atoms with van der Waals surface area (Å²) in [5.41, 5.74) is -0.782. The summed E-state index contributed by atoms with van der Waals surface area (Å²) in [6, 6.07) is 0.850. The summed E-state index contributed by atoms with van der Waals surface area (Å²) < 4.78 is 0. The summed E-state index contributed by atoms with van der Waals surface area (Å²) in [5, 5.41) is 6.90. The minimum atomic E-state index is -1.63. The smallest absolute Gasteiger partial charge is 0.322 e. The Bertz CT molecular complexity index is 541. The number of hydrogen-bond donors (Lipinski definition) is 3. The van der Waals surface area contributed by atoms with Crippen molar-refractivity contribution in [3.8, 4) is 0 Å².